The maximum atomic E-state index is 12.8. The van der Waals surface area contributed by atoms with E-state index in [1.165, 1.54) is 0 Å². The Kier molecular flexibility index (Phi) is 5.55. The van der Waals surface area contributed by atoms with Gasteiger partial charge in [0.2, 0.25) is 5.91 Å². The van der Waals surface area contributed by atoms with Crippen LogP contribution in [0, 0.1) is 0 Å². The number of aliphatic hydroxyl groups is 1. The van der Waals surface area contributed by atoms with Crippen molar-refractivity contribution in [3.05, 3.63) is 60.3 Å². The van der Waals surface area contributed by atoms with E-state index >= 15 is 0 Å². The molecule has 1 saturated heterocycles. The minimum atomic E-state index is -0.721. The smallest absolute Gasteiger partial charge is 0.246 e. The summed E-state index contributed by atoms with van der Waals surface area (Å²) in [6.45, 7) is 6.96. The van der Waals surface area contributed by atoms with E-state index in [2.05, 4.69) is 28.7 Å². The topological polar surface area (TPSA) is 82.7 Å². The highest BCUT2D eigenvalue weighted by molar-refractivity contribution is 5.92. The van der Waals surface area contributed by atoms with Gasteiger partial charge in [-0.2, -0.15) is 0 Å². The first-order chi connectivity index (χ1) is 14.4. The van der Waals surface area contributed by atoms with E-state index in [4.69, 9.17) is 4.42 Å². The second-order valence-corrected chi connectivity index (χ2v) is 7.82. The number of aliphatic hydroxyl groups excluding tert-OH is 1. The van der Waals surface area contributed by atoms with Gasteiger partial charge in [-0.3, -0.25) is 4.79 Å². The SMILES string of the molecule is C[C@@H]1CN(C(=O)C=Cc2cc3ccccc3o2)C[C@H](C)N1c1ccnc([C@@H](C)O)n1. The van der Waals surface area contributed by atoms with Crippen molar-refractivity contribution in [1.29, 1.82) is 0 Å². The van der Waals surface area contributed by atoms with Gasteiger partial charge >= 0.3 is 0 Å². The van der Waals surface area contributed by atoms with Gasteiger partial charge in [0, 0.05) is 42.8 Å². The fraction of sp³-hybridized carbons (Fsp3) is 0.348. The monoisotopic (exact) mass is 406 g/mol. The summed E-state index contributed by atoms with van der Waals surface area (Å²) >= 11 is 0. The van der Waals surface area contributed by atoms with Gasteiger partial charge in [-0.1, -0.05) is 18.2 Å². The molecule has 3 atom stereocenters. The largest absolute Gasteiger partial charge is 0.457 e. The molecule has 1 aromatic carbocycles. The molecule has 1 amide bonds. The van der Waals surface area contributed by atoms with E-state index in [-0.39, 0.29) is 18.0 Å². The lowest BCUT2D eigenvalue weighted by Gasteiger charge is -2.45. The molecule has 4 rings (SSSR count). The maximum absolute atomic E-state index is 12.8. The predicted octanol–water partition coefficient (Wildman–Crippen LogP) is 3.42. The Morgan fingerprint density at radius 1 is 1.23 bits per heavy atom. The highest BCUT2D eigenvalue weighted by Crippen LogP contribution is 2.24. The summed E-state index contributed by atoms with van der Waals surface area (Å²) in [5.74, 6) is 1.79. The lowest BCUT2D eigenvalue weighted by molar-refractivity contribution is -0.127. The number of carbonyl (C=O) groups is 1. The molecule has 30 heavy (non-hydrogen) atoms. The number of carbonyl (C=O) groups excluding carboxylic acids is 1. The number of hydrogen-bond acceptors (Lipinski definition) is 6. The number of hydrogen-bond donors (Lipinski definition) is 1. The summed E-state index contributed by atoms with van der Waals surface area (Å²) in [6, 6.07) is 11.7. The average molecular weight is 406 g/mol. The molecule has 1 N–H and O–H groups in total. The van der Waals surface area contributed by atoms with Crippen molar-refractivity contribution < 1.29 is 14.3 Å². The molecular weight excluding hydrogens is 380 g/mol. The fourth-order valence-corrected chi connectivity index (χ4v) is 4.01. The fourth-order valence-electron chi connectivity index (χ4n) is 4.01. The van der Waals surface area contributed by atoms with Crippen LogP contribution in [0.1, 0.15) is 38.5 Å². The molecule has 1 aliphatic heterocycles. The molecule has 7 heteroatoms. The van der Waals surface area contributed by atoms with Gasteiger partial charge in [0.25, 0.3) is 0 Å². The van der Waals surface area contributed by atoms with E-state index in [1.807, 2.05) is 41.3 Å². The Morgan fingerprint density at radius 2 is 1.97 bits per heavy atom. The molecule has 0 spiro atoms. The number of amides is 1. The minimum absolute atomic E-state index is 0.0406. The van der Waals surface area contributed by atoms with Crippen LogP contribution in [0.4, 0.5) is 5.82 Å². The molecule has 0 radical (unpaired) electrons. The molecule has 0 unspecified atom stereocenters. The third kappa shape index (κ3) is 4.07. The summed E-state index contributed by atoms with van der Waals surface area (Å²) in [5, 5.41) is 10.8. The molecule has 0 saturated carbocycles. The normalized spacial score (nSPS) is 20.8. The summed E-state index contributed by atoms with van der Waals surface area (Å²) in [7, 11) is 0. The van der Waals surface area contributed by atoms with Gasteiger partial charge in [-0.15, -0.1) is 0 Å². The highest BCUT2D eigenvalue weighted by Gasteiger charge is 2.32. The highest BCUT2D eigenvalue weighted by atomic mass is 16.3. The number of benzene rings is 1. The third-order valence-electron chi connectivity index (χ3n) is 5.36. The van der Waals surface area contributed by atoms with Crippen molar-refractivity contribution in [2.75, 3.05) is 18.0 Å². The standard InChI is InChI=1S/C23H26N4O3/c1-15-13-26(14-16(2)27(15)21-10-11-24-23(25-21)17(3)28)22(29)9-8-19-12-18-6-4-5-7-20(18)30-19/h4-12,15-17,28H,13-14H2,1-3H3/t15-,16+,17-/m1/s1. The van der Waals surface area contributed by atoms with Gasteiger partial charge in [0.15, 0.2) is 5.82 Å². The second-order valence-electron chi connectivity index (χ2n) is 7.82. The van der Waals surface area contributed by atoms with E-state index in [1.54, 1.807) is 25.3 Å². The summed E-state index contributed by atoms with van der Waals surface area (Å²) in [5.41, 5.74) is 0.807. The summed E-state index contributed by atoms with van der Waals surface area (Å²) in [4.78, 5) is 25.4. The summed E-state index contributed by atoms with van der Waals surface area (Å²) in [6.07, 6.45) is 4.24. The van der Waals surface area contributed by atoms with Crippen molar-refractivity contribution in [3.8, 4) is 0 Å². The van der Waals surface area contributed by atoms with Gasteiger partial charge < -0.3 is 19.3 Å². The second kappa shape index (κ2) is 8.28. The Morgan fingerprint density at radius 3 is 2.67 bits per heavy atom. The molecule has 3 heterocycles. The van der Waals surface area contributed by atoms with Gasteiger partial charge in [-0.25, -0.2) is 9.97 Å². The quantitative estimate of drug-likeness (QED) is 0.669. The van der Waals surface area contributed by atoms with E-state index in [9.17, 15) is 9.90 Å². The average Bonchev–Trinajstić information content (AvgIpc) is 3.14. The number of nitrogens with zero attached hydrogens (tertiary/aromatic N) is 4. The Balaban J connectivity index is 1.46. The van der Waals surface area contributed by atoms with Crippen molar-refractivity contribution >= 4 is 28.8 Å². The zero-order valence-electron chi connectivity index (χ0n) is 17.4. The van der Waals surface area contributed by atoms with E-state index < -0.39 is 6.10 Å². The van der Waals surface area contributed by atoms with Crippen LogP contribution in [-0.4, -0.2) is 51.1 Å². The molecule has 0 bridgehead atoms. The van der Waals surface area contributed by atoms with Crippen LogP contribution < -0.4 is 4.90 Å². The van der Waals surface area contributed by atoms with Crippen LogP contribution in [0.5, 0.6) is 0 Å². The first-order valence-electron chi connectivity index (χ1n) is 10.2. The summed E-state index contributed by atoms with van der Waals surface area (Å²) < 4.78 is 5.75. The lowest BCUT2D eigenvalue weighted by atomic mass is 10.1. The predicted molar refractivity (Wildman–Crippen MR) is 116 cm³/mol. The number of anilines is 1. The maximum Gasteiger partial charge on any atom is 0.246 e. The molecule has 1 aliphatic rings. The number of para-hydroxylation sites is 1. The van der Waals surface area contributed by atoms with Crippen LogP contribution in [0.15, 0.2) is 53.1 Å². The van der Waals surface area contributed by atoms with Crippen molar-refractivity contribution in [1.82, 2.24) is 14.9 Å². The van der Waals surface area contributed by atoms with E-state index in [0.29, 0.717) is 24.7 Å². The number of fused-ring (bicyclic) bond motifs is 1. The molecule has 2 aromatic heterocycles. The minimum Gasteiger partial charge on any atom is -0.457 e. The van der Waals surface area contributed by atoms with Crippen LogP contribution >= 0.6 is 0 Å². The molecule has 7 nitrogen and oxygen atoms in total. The van der Waals surface area contributed by atoms with Gasteiger partial charge in [0.05, 0.1) is 0 Å². The van der Waals surface area contributed by atoms with Crippen LogP contribution in [0.25, 0.3) is 17.0 Å². The molecule has 3 aromatic rings. The van der Waals surface area contributed by atoms with E-state index in [0.717, 1.165) is 16.8 Å². The Hall–Kier alpha value is -3.19. The number of rotatable bonds is 4. The van der Waals surface area contributed by atoms with Crippen LogP contribution in [0.2, 0.25) is 0 Å². The number of aromatic nitrogens is 2. The zero-order chi connectivity index (χ0) is 21.3. The molecule has 0 aliphatic carbocycles. The third-order valence-corrected chi connectivity index (χ3v) is 5.36. The first-order valence-corrected chi connectivity index (χ1v) is 10.2. The zero-order valence-corrected chi connectivity index (χ0v) is 17.4. The molecule has 1 fully saturated rings. The van der Waals surface area contributed by atoms with Crippen LogP contribution in [0.3, 0.4) is 0 Å². The van der Waals surface area contributed by atoms with Crippen molar-refractivity contribution in [2.24, 2.45) is 0 Å². The van der Waals surface area contributed by atoms with Crippen molar-refractivity contribution in [2.45, 2.75) is 39.0 Å². The Labute approximate surface area is 175 Å². The number of piperazine rings is 1. The van der Waals surface area contributed by atoms with Crippen LogP contribution in [-0.2, 0) is 4.79 Å². The number of furan rings is 1. The first kappa shape index (κ1) is 20.1. The van der Waals surface area contributed by atoms with Crippen molar-refractivity contribution in [3.63, 3.8) is 0 Å². The van der Waals surface area contributed by atoms with Gasteiger partial charge in [-0.05, 0) is 45.0 Å². The lowest BCUT2D eigenvalue weighted by Crippen LogP contribution is -2.58. The molecule has 156 valence electrons. The Bertz CT molecular complexity index is 1030. The van der Waals surface area contributed by atoms with Gasteiger partial charge in [0.1, 0.15) is 23.3 Å². The molecular formula is C23H26N4O3.